The zero-order valence-corrected chi connectivity index (χ0v) is 36.8. The number of hydrogen-bond donors (Lipinski definition) is 2. The molecule has 0 aliphatic carbocycles. The van der Waals surface area contributed by atoms with Crippen LogP contribution in [0.4, 0.5) is 0 Å². The van der Waals surface area contributed by atoms with Gasteiger partial charge in [0.05, 0.1) is 23.5 Å². The summed E-state index contributed by atoms with van der Waals surface area (Å²) in [6.45, 7) is 15.1. The lowest BCUT2D eigenvalue weighted by molar-refractivity contribution is -0.295. The number of carbonyl (C=O) groups is 4. The number of rotatable bonds is 10. The van der Waals surface area contributed by atoms with Gasteiger partial charge in [0, 0.05) is 49.1 Å². The molecular formula is C43H63N5O12. The first-order valence-electron chi connectivity index (χ1n) is 20.8. The zero-order valence-electron chi connectivity index (χ0n) is 36.8. The maximum atomic E-state index is 14.8. The fourth-order valence-corrected chi connectivity index (χ4v) is 9.31. The minimum absolute atomic E-state index is 0.0469. The van der Waals surface area contributed by atoms with Gasteiger partial charge in [-0.15, -0.1) is 0 Å². The summed E-state index contributed by atoms with van der Waals surface area (Å²) in [6, 6.07) is 6.72. The van der Waals surface area contributed by atoms with Gasteiger partial charge in [0.1, 0.15) is 35.5 Å². The summed E-state index contributed by atoms with van der Waals surface area (Å²) in [5.41, 5.74) is 4.73. The van der Waals surface area contributed by atoms with Crippen LogP contribution in [0.3, 0.4) is 0 Å². The smallest absolute Gasteiger partial charge is 0.317 e. The van der Waals surface area contributed by atoms with Gasteiger partial charge in [0.2, 0.25) is 0 Å². The number of methoxy groups -OCH3 is 1. The van der Waals surface area contributed by atoms with Crippen LogP contribution in [-0.4, -0.2) is 119 Å². The number of esters is 2. The van der Waals surface area contributed by atoms with Gasteiger partial charge < -0.3 is 48.8 Å². The van der Waals surface area contributed by atoms with E-state index >= 15 is 0 Å². The molecule has 0 bridgehead atoms. The Balaban J connectivity index is 1.51. The average Bonchev–Trinajstić information content (AvgIpc) is 3.83. The predicted molar refractivity (Wildman–Crippen MR) is 217 cm³/mol. The molecular weight excluding hydrogens is 778 g/mol. The molecule has 3 aliphatic heterocycles. The molecule has 60 heavy (non-hydrogen) atoms. The molecule has 2 aromatic heterocycles. The van der Waals surface area contributed by atoms with Gasteiger partial charge in [-0.3, -0.25) is 24.2 Å². The first kappa shape index (κ1) is 46.8. The summed E-state index contributed by atoms with van der Waals surface area (Å²) in [4.78, 5) is 69.0. The number of aliphatic hydroxyl groups is 1. The molecule has 0 aromatic carbocycles. The standard InChI is InChI=1S/C43H63N5O12/c1-13-31-43(9)33(32(40(53)58-43)38(44)47-59-26(7)30-19-28(46-60-30)27-16-14-15-17-45-27)23(4)34(49)21(2)20-42(8,54-12)37(24(5)35(50)25(6)39(52)56-31)57-41-36(51)29(48(10)11)18-22(3)55-41/h14-17,19,21-26,29,31-33,36-37,41,51H,13,18,20H2,1-12H3,(H2,44,47)/t21-,22-,23-,24+,25-,26-,29+,31+,32-,33+,36-,37-,41?,42-,43-/m1/s1. The Morgan fingerprint density at radius 1 is 1.05 bits per heavy atom. The van der Waals surface area contributed by atoms with E-state index in [0.29, 0.717) is 23.6 Å². The van der Waals surface area contributed by atoms with Crippen LogP contribution in [0.5, 0.6) is 0 Å². The van der Waals surface area contributed by atoms with Crippen molar-refractivity contribution in [2.75, 3.05) is 21.2 Å². The highest BCUT2D eigenvalue weighted by Gasteiger charge is 2.62. The summed E-state index contributed by atoms with van der Waals surface area (Å²) in [5.74, 6) is -8.65. The Kier molecular flexibility index (Phi) is 14.6. The van der Waals surface area contributed by atoms with Crippen molar-refractivity contribution in [1.82, 2.24) is 15.0 Å². The second-order valence-electron chi connectivity index (χ2n) is 17.4. The Labute approximate surface area is 351 Å². The lowest BCUT2D eigenvalue weighted by Crippen LogP contribution is -2.59. The number of cyclic esters (lactones) is 1. The van der Waals surface area contributed by atoms with E-state index in [1.54, 1.807) is 72.9 Å². The van der Waals surface area contributed by atoms with E-state index in [4.69, 9.17) is 38.8 Å². The number of aromatic nitrogens is 2. The van der Waals surface area contributed by atoms with E-state index in [9.17, 15) is 24.3 Å². The molecule has 1 unspecified atom stereocenters. The highest BCUT2D eigenvalue weighted by molar-refractivity contribution is 6.03. The Morgan fingerprint density at radius 2 is 1.75 bits per heavy atom. The van der Waals surface area contributed by atoms with E-state index in [1.807, 2.05) is 32.0 Å². The molecule has 17 nitrogen and oxygen atoms in total. The van der Waals surface area contributed by atoms with Crippen LogP contribution in [0.25, 0.3) is 11.4 Å². The van der Waals surface area contributed by atoms with Gasteiger partial charge >= 0.3 is 11.9 Å². The van der Waals surface area contributed by atoms with Crippen molar-refractivity contribution >= 4 is 29.3 Å². The lowest BCUT2D eigenvalue weighted by Gasteiger charge is -2.47. The van der Waals surface area contributed by atoms with Crippen LogP contribution < -0.4 is 5.73 Å². The number of amidine groups is 1. The minimum Gasteiger partial charge on any atom is -0.458 e. The van der Waals surface area contributed by atoms with Crippen LogP contribution in [0, 0.1) is 35.5 Å². The Bertz CT molecular complexity index is 1870. The molecule has 5 heterocycles. The van der Waals surface area contributed by atoms with Gasteiger partial charge in [-0.25, -0.2) is 0 Å². The molecule has 5 rings (SSSR count). The summed E-state index contributed by atoms with van der Waals surface area (Å²) < 4.78 is 36.5. The first-order chi connectivity index (χ1) is 28.2. The molecule has 332 valence electrons. The number of ketones is 2. The third-order valence-electron chi connectivity index (χ3n) is 12.8. The van der Waals surface area contributed by atoms with Crippen molar-refractivity contribution in [3.63, 3.8) is 0 Å². The number of nitrogens with two attached hydrogens (primary N) is 1. The molecule has 2 aromatic rings. The second kappa shape index (κ2) is 18.8. The zero-order chi connectivity index (χ0) is 44.4. The van der Waals surface area contributed by atoms with Gasteiger partial charge in [-0.2, -0.15) is 0 Å². The molecule has 0 spiro atoms. The van der Waals surface area contributed by atoms with Crippen molar-refractivity contribution in [3.05, 3.63) is 36.2 Å². The fraction of sp³-hybridized carbons (Fsp3) is 0.698. The number of hydrogen-bond acceptors (Lipinski definition) is 16. The van der Waals surface area contributed by atoms with Crippen LogP contribution in [0.2, 0.25) is 0 Å². The summed E-state index contributed by atoms with van der Waals surface area (Å²) in [5, 5.41) is 19.7. The van der Waals surface area contributed by atoms with Gasteiger partial charge in [0.25, 0.3) is 0 Å². The van der Waals surface area contributed by atoms with Crippen molar-refractivity contribution in [3.8, 4) is 11.4 Å². The second-order valence-corrected chi connectivity index (χ2v) is 17.4. The van der Waals surface area contributed by atoms with E-state index in [2.05, 4.69) is 15.3 Å². The van der Waals surface area contributed by atoms with Gasteiger partial charge in [0.15, 0.2) is 35.4 Å². The molecule has 0 saturated carbocycles. The molecule has 15 atom stereocenters. The first-order valence-corrected chi connectivity index (χ1v) is 20.8. The summed E-state index contributed by atoms with van der Waals surface area (Å²) >= 11 is 0. The maximum absolute atomic E-state index is 14.8. The van der Waals surface area contributed by atoms with Crippen molar-refractivity contribution < 1.29 is 57.3 Å². The summed E-state index contributed by atoms with van der Waals surface area (Å²) in [7, 11) is 5.16. The number of carbonyl (C=O) groups excluding carboxylic acids is 4. The minimum atomic E-state index is -1.59. The largest absolute Gasteiger partial charge is 0.458 e. The predicted octanol–water partition coefficient (Wildman–Crippen LogP) is 4.26. The number of ether oxygens (including phenoxy) is 5. The topological polar surface area (TPSA) is 224 Å². The maximum Gasteiger partial charge on any atom is 0.317 e. The number of likely N-dealkylation sites (N-methyl/N-ethyl adjacent to an activating group) is 1. The van der Waals surface area contributed by atoms with Crippen LogP contribution in [0.15, 0.2) is 40.1 Å². The van der Waals surface area contributed by atoms with E-state index in [-0.39, 0.29) is 36.6 Å². The van der Waals surface area contributed by atoms with Crippen molar-refractivity contribution in [2.24, 2.45) is 46.4 Å². The molecule has 0 amide bonds. The van der Waals surface area contributed by atoms with Gasteiger partial charge in [-0.1, -0.05) is 44.1 Å². The highest BCUT2D eigenvalue weighted by Crippen LogP contribution is 2.48. The number of oxime groups is 1. The molecule has 3 saturated heterocycles. The number of pyridine rings is 1. The fourth-order valence-electron chi connectivity index (χ4n) is 9.31. The van der Waals surface area contributed by atoms with Gasteiger partial charge in [-0.05, 0) is 80.1 Å². The third-order valence-corrected chi connectivity index (χ3v) is 12.8. The highest BCUT2D eigenvalue weighted by atomic mass is 16.7. The molecule has 0 radical (unpaired) electrons. The van der Waals surface area contributed by atoms with Crippen LogP contribution in [0.1, 0.15) is 93.4 Å². The quantitative estimate of drug-likeness (QED) is 0.112. The monoisotopic (exact) mass is 841 g/mol. The van der Waals surface area contributed by atoms with Crippen LogP contribution >= 0.6 is 0 Å². The lowest BCUT2D eigenvalue weighted by atomic mass is 9.67. The Morgan fingerprint density at radius 3 is 2.37 bits per heavy atom. The number of aliphatic hydroxyl groups excluding tert-OH is 1. The molecule has 17 heteroatoms. The number of fused-ring (bicyclic) bond motifs is 1. The molecule has 3 aliphatic rings. The number of Topliss-reactive ketones (excluding diaryl/α,β-unsaturated/α-hetero) is 2. The molecule has 3 fully saturated rings. The van der Waals surface area contributed by atoms with E-state index in [0.717, 1.165) is 0 Å². The van der Waals surface area contributed by atoms with Crippen molar-refractivity contribution in [2.45, 2.75) is 136 Å². The number of nitrogens with zero attached hydrogens (tertiary/aromatic N) is 4. The molecule has 3 N–H and O–H groups in total. The summed E-state index contributed by atoms with van der Waals surface area (Å²) in [6.07, 6.45) is -3.15. The third kappa shape index (κ3) is 9.29. The van der Waals surface area contributed by atoms with Crippen LogP contribution in [-0.2, 0) is 47.7 Å². The van der Waals surface area contributed by atoms with E-state index in [1.165, 1.54) is 14.0 Å². The Hall–Kier alpha value is -4.29. The average molecular weight is 842 g/mol. The normalized spacial score (nSPS) is 37.9. The van der Waals surface area contributed by atoms with E-state index < -0.39 is 95.1 Å². The van der Waals surface area contributed by atoms with Crippen molar-refractivity contribution in [1.29, 1.82) is 0 Å². The SMILES string of the molecule is CC[C@@H]1OC(=O)[C@H](C)C(=O)[C@H](C)[C@@H](OC2O[C@H](C)C[C@H](N(C)C)[C@H]2O)[C@](C)(OC)C[C@@H](C)C(=O)[C@H](C)[C@H]2[C@H](/C(N)=N/O[C@H](C)c3cc(-c4ccccn4)no3)C(=O)O[C@@]21C.